The Labute approximate surface area is 93.1 Å². The third-order valence-electron chi connectivity index (χ3n) is 2.91. The van der Waals surface area contributed by atoms with Crippen LogP contribution in [0.1, 0.15) is 31.2 Å². The number of benzene rings is 1. The van der Waals surface area contributed by atoms with E-state index in [1.807, 2.05) is 14.1 Å². The van der Waals surface area contributed by atoms with E-state index in [9.17, 15) is 0 Å². The Bertz CT molecular complexity index is 266. The summed E-state index contributed by atoms with van der Waals surface area (Å²) in [5.41, 5.74) is 2.63. The summed E-state index contributed by atoms with van der Waals surface area (Å²) < 4.78 is 0. The number of nitrogens with one attached hydrogen (secondary N) is 2. The molecule has 15 heavy (non-hydrogen) atoms. The van der Waals surface area contributed by atoms with Gasteiger partial charge in [-0.05, 0) is 50.0 Å². The second kappa shape index (κ2) is 6.46. The fraction of sp³-hybridized carbons (Fsp3) is 0.538. The zero-order valence-corrected chi connectivity index (χ0v) is 10.0. The van der Waals surface area contributed by atoms with Crippen LogP contribution in [0.3, 0.4) is 0 Å². The molecule has 0 heterocycles. The smallest absolute Gasteiger partial charge is 0.0337 e. The number of hydrogen-bond donors (Lipinski definition) is 2. The molecule has 0 saturated heterocycles. The lowest BCUT2D eigenvalue weighted by atomic mass is 9.93. The van der Waals surface area contributed by atoms with E-state index in [1.54, 1.807) is 0 Å². The van der Waals surface area contributed by atoms with E-state index < -0.39 is 0 Å². The Hall–Kier alpha value is -1.02. The van der Waals surface area contributed by atoms with Crippen LogP contribution < -0.4 is 10.6 Å². The van der Waals surface area contributed by atoms with Crippen LogP contribution in [-0.2, 0) is 0 Å². The van der Waals surface area contributed by atoms with Crippen molar-refractivity contribution in [1.29, 1.82) is 0 Å². The fourth-order valence-electron chi connectivity index (χ4n) is 1.85. The minimum Gasteiger partial charge on any atom is -0.388 e. The molecule has 2 nitrogen and oxygen atoms in total. The van der Waals surface area contributed by atoms with Crippen molar-refractivity contribution in [3.63, 3.8) is 0 Å². The quantitative estimate of drug-likeness (QED) is 0.748. The predicted molar refractivity (Wildman–Crippen MR) is 67.6 cm³/mol. The van der Waals surface area contributed by atoms with E-state index in [0.29, 0.717) is 5.92 Å². The highest BCUT2D eigenvalue weighted by molar-refractivity contribution is 5.44. The van der Waals surface area contributed by atoms with Crippen LogP contribution >= 0.6 is 0 Å². The monoisotopic (exact) mass is 206 g/mol. The normalized spacial score (nSPS) is 12.5. The highest BCUT2D eigenvalue weighted by atomic mass is 14.8. The van der Waals surface area contributed by atoms with Gasteiger partial charge in [-0.3, -0.25) is 0 Å². The average Bonchev–Trinajstić information content (AvgIpc) is 2.31. The Morgan fingerprint density at radius 3 is 2.27 bits per heavy atom. The summed E-state index contributed by atoms with van der Waals surface area (Å²) in [4.78, 5) is 0. The first kappa shape index (κ1) is 12.1. The maximum absolute atomic E-state index is 3.21. The van der Waals surface area contributed by atoms with Crippen molar-refractivity contribution in [3.05, 3.63) is 29.8 Å². The van der Waals surface area contributed by atoms with Crippen LogP contribution in [0.15, 0.2) is 24.3 Å². The summed E-state index contributed by atoms with van der Waals surface area (Å²) in [5, 5.41) is 6.35. The molecular formula is C13H22N2. The largest absolute Gasteiger partial charge is 0.388 e. The van der Waals surface area contributed by atoms with Gasteiger partial charge in [0.25, 0.3) is 0 Å². The standard InChI is InChI=1S/C13H22N2/c1-4-11(9-10-14-2)12-5-7-13(15-3)8-6-12/h5-8,11,14-15H,4,9-10H2,1-3H3. The molecule has 1 aromatic carbocycles. The molecule has 1 unspecified atom stereocenters. The number of rotatable bonds is 6. The molecule has 0 radical (unpaired) electrons. The summed E-state index contributed by atoms with van der Waals surface area (Å²) in [5.74, 6) is 0.684. The second-order valence-electron chi connectivity index (χ2n) is 3.87. The van der Waals surface area contributed by atoms with E-state index in [1.165, 1.54) is 24.1 Å². The molecule has 0 aliphatic rings. The van der Waals surface area contributed by atoms with Gasteiger partial charge in [0.05, 0.1) is 0 Å². The highest BCUT2D eigenvalue weighted by Gasteiger charge is 2.07. The van der Waals surface area contributed by atoms with Gasteiger partial charge in [-0.25, -0.2) is 0 Å². The topological polar surface area (TPSA) is 24.1 Å². The van der Waals surface area contributed by atoms with Crippen LogP contribution in [0.5, 0.6) is 0 Å². The molecule has 0 bridgehead atoms. The molecule has 0 aliphatic carbocycles. The van der Waals surface area contributed by atoms with Crippen molar-refractivity contribution < 1.29 is 0 Å². The van der Waals surface area contributed by atoms with Crippen molar-refractivity contribution in [3.8, 4) is 0 Å². The predicted octanol–water partition coefficient (Wildman–Crippen LogP) is 2.83. The first-order valence-electron chi connectivity index (χ1n) is 5.74. The van der Waals surface area contributed by atoms with Crippen molar-refractivity contribution >= 4 is 5.69 Å². The summed E-state index contributed by atoms with van der Waals surface area (Å²) in [6, 6.07) is 8.76. The van der Waals surface area contributed by atoms with Gasteiger partial charge < -0.3 is 10.6 Å². The third kappa shape index (κ3) is 3.56. The zero-order chi connectivity index (χ0) is 11.1. The lowest BCUT2D eigenvalue weighted by molar-refractivity contribution is 0.581. The molecule has 2 N–H and O–H groups in total. The van der Waals surface area contributed by atoms with Gasteiger partial charge in [0.15, 0.2) is 0 Å². The maximum atomic E-state index is 3.21. The molecule has 1 atom stereocenters. The molecule has 1 rings (SSSR count). The Balaban J connectivity index is 2.65. The fourth-order valence-corrected chi connectivity index (χ4v) is 1.85. The van der Waals surface area contributed by atoms with Gasteiger partial charge in [0.1, 0.15) is 0 Å². The minimum absolute atomic E-state index is 0.684. The summed E-state index contributed by atoms with van der Waals surface area (Å²) in [7, 11) is 3.96. The van der Waals surface area contributed by atoms with Gasteiger partial charge >= 0.3 is 0 Å². The molecular weight excluding hydrogens is 184 g/mol. The third-order valence-corrected chi connectivity index (χ3v) is 2.91. The van der Waals surface area contributed by atoms with E-state index in [2.05, 4.69) is 41.8 Å². The van der Waals surface area contributed by atoms with Gasteiger partial charge in [-0.1, -0.05) is 19.1 Å². The first-order chi connectivity index (χ1) is 7.31. The molecule has 0 aliphatic heterocycles. The molecule has 0 amide bonds. The van der Waals surface area contributed by atoms with Crippen molar-refractivity contribution in [2.45, 2.75) is 25.7 Å². The Morgan fingerprint density at radius 2 is 1.80 bits per heavy atom. The molecule has 0 spiro atoms. The SMILES string of the molecule is CCC(CCNC)c1ccc(NC)cc1. The van der Waals surface area contributed by atoms with Crippen LogP contribution in [0.2, 0.25) is 0 Å². The van der Waals surface area contributed by atoms with Crippen LogP contribution in [0.25, 0.3) is 0 Å². The Morgan fingerprint density at radius 1 is 1.13 bits per heavy atom. The van der Waals surface area contributed by atoms with Crippen molar-refractivity contribution in [2.24, 2.45) is 0 Å². The molecule has 0 fully saturated rings. The lowest BCUT2D eigenvalue weighted by Gasteiger charge is -2.15. The second-order valence-corrected chi connectivity index (χ2v) is 3.87. The van der Waals surface area contributed by atoms with Crippen LogP contribution in [0, 0.1) is 0 Å². The highest BCUT2D eigenvalue weighted by Crippen LogP contribution is 2.23. The van der Waals surface area contributed by atoms with Crippen molar-refractivity contribution in [2.75, 3.05) is 26.0 Å². The number of hydrogen-bond acceptors (Lipinski definition) is 2. The van der Waals surface area contributed by atoms with Crippen LogP contribution in [0.4, 0.5) is 5.69 Å². The van der Waals surface area contributed by atoms with Crippen LogP contribution in [-0.4, -0.2) is 20.6 Å². The summed E-state index contributed by atoms with van der Waals surface area (Å²) in [6.45, 7) is 3.35. The zero-order valence-electron chi connectivity index (χ0n) is 10.0. The molecule has 1 aromatic rings. The average molecular weight is 206 g/mol. The summed E-state index contributed by atoms with van der Waals surface area (Å²) >= 11 is 0. The van der Waals surface area contributed by atoms with E-state index >= 15 is 0 Å². The Kier molecular flexibility index (Phi) is 5.19. The lowest BCUT2D eigenvalue weighted by Crippen LogP contribution is -2.11. The first-order valence-corrected chi connectivity index (χ1v) is 5.74. The van der Waals surface area contributed by atoms with E-state index in [-0.39, 0.29) is 0 Å². The van der Waals surface area contributed by atoms with Gasteiger partial charge in [0.2, 0.25) is 0 Å². The molecule has 2 heteroatoms. The number of anilines is 1. The molecule has 84 valence electrons. The van der Waals surface area contributed by atoms with Gasteiger partial charge in [-0.2, -0.15) is 0 Å². The van der Waals surface area contributed by atoms with Gasteiger partial charge in [0, 0.05) is 12.7 Å². The van der Waals surface area contributed by atoms with E-state index in [4.69, 9.17) is 0 Å². The maximum Gasteiger partial charge on any atom is 0.0337 e. The summed E-state index contributed by atoms with van der Waals surface area (Å²) in [6.07, 6.45) is 2.42. The molecule has 0 saturated carbocycles. The molecule has 0 aromatic heterocycles. The van der Waals surface area contributed by atoms with Gasteiger partial charge in [-0.15, -0.1) is 0 Å². The van der Waals surface area contributed by atoms with Crippen molar-refractivity contribution in [1.82, 2.24) is 5.32 Å². The van der Waals surface area contributed by atoms with E-state index in [0.717, 1.165) is 6.54 Å². The minimum atomic E-state index is 0.684.